The summed E-state index contributed by atoms with van der Waals surface area (Å²) >= 11 is 1.70. The van der Waals surface area contributed by atoms with E-state index in [1.54, 1.807) is 17.8 Å². The third kappa shape index (κ3) is 1.66. The molecule has 1 heterocycles. The third-order valence-electron chi connectivity index (χ3n) is 2.28. The highest BCUT2D eigenvalue weighted by Gasteiger charge is 2.23. The molecule has 0 aromatic heterocycles. The maximum atomic E-state index is 11.3. The fourth-order valence-electron chi connectivity index (χ4n) is 1.65. The lowest BCUT2D eigenvalue weighted by atomic mass is 10.1. The van der Waals surface area contributed by atoms with E-state index in [1.807, 2.05) is 13.0 Å². The molecule has 2 nitrogen and oxygen atoms in total. The molecule has 0 fully saturated rings. The molecular weight excluding hydrogens is 240 g/mol. The lowest BCUT2D eigenvalue weighted by Crippen LogP contribution is -1.98. The minimum absolute atomic E-state index is 0.282. The first-order chi connectivity index (χ1) is 6.50. The number of aryl methyl sites for hydroxylation is 1. The van der Waals surface area contributed by atoms with E-state index in [9.17, 15) is 8.42 Å². The molecule has 5 heteroatoms. The summed E-state index contributed by atoms with van der Waals surface area (Å²) in [4.78, 5) is 1.37. The van der Waals surface area contributed by atoms with Crippen LogP contribution < -0.4 is 0 Å². The minimum atomic E-state index is -3.59. The van der Waals surface area contributed by atoms with Crippen LogP contribution in [0.4, 0.5) is 0 Å². The molecule has 2 rings (SSSR count). The van der Waals surface area contributed by atoms with Crippen LogP contribution in [-0.2, 0) is 15.5 Å². The molecule has 1 aliphatic heterocycles. The average Bonchev–Trinajstić information content (AvgIpc) is 2.50. The van der Waals surface area contributed by atoms with E-state index in [-0.39, 0.29) is 4.90 Å². The number of hydrogen-bond acceptors (Lipinski definition) is 3. The van der Waals surface area contributed by atoms with Gasteiger partial charge in [0.25, 0.3) is 9.05 Å². The summed E-state index contributed by atoms with van der Waals surface area (Å²) in [6.45, 7) is 1.99. The van der Waals surface area contributed by atoms with E-state index >= 15 is 0 Å². The Morgan fingerprint density at radius 3 is 2.79 bits per heavy atom. The van der Waals surface area contributed by atoms with E-state index in [4.69, 9.17) is 10.7 Å². The van der Waals surface area contributed by atoms with Gasteiger partial charge in [0.15, 0.2) is 0 Å². The smallest absolute Gasteiger partial charge is 0.207 e. The predicted octanol–water partition coefficient (Wildman–Crippen LogP) is 2.57. The maximum Gasteiger partial charge on any atom is 0.261 e. The maximum absolute atomic E-state index is 11.3. The molecule has 0 amide bonds. The molecule has 0 aliphatic carbocycles. The van der Waals surface area contributed by atoms with Crippen molar-refractivity contribution in [1.82, 2.24) is 0 Å². The summed E-state index contributed by atoms with van der Waals surface area (Å²) in [6.07, 6.45) is 0.795. The molecule has 1 aromatic rings. The zero-order chi connectivity index (χ0) is 10.3. The second-order valence-electron chi connectivity index (χ2n) is 3.22. The van der Waals surface area contributed by atoms with E-state index < -0.39 is 9.05 Å². The van der Waals surface area contributed by atoms with E-state index in [2.05, 4.69) is 0 Å². The van der Waals surface area contributed by atoms with Crippen LogP contribution in [0.1, 0.15) is 11.1 Å². The van der Waals surface area contributed by atoms with Crippen molar-refractivity contribution in [3.63, 3.8) is 0 Å². The van der Waals surface area contributed by atoms with Crippen molar-refractivity contribution in [2.45, 2.75) is 23.1 Å². The van der Waals surface area contributed by atoms with Crippen molar-refractivity contribution in [2.24, 2.45) is 0 Å². The Morgan fingerprint density at radius 2 is 2.14 bits per heavy atom. The van der Waals surface area contributed by atoms with Crippen LogP contribution >= 0.6 is 22.4 Å². The van der Waals surface area contributed by atoms with Gasteiger partial charge < -0.3 is 0 Å². The van der Waals surface area contributed by atoms with Gasteiger partial charge in [0.2, 0.25) is 0 Å². The molecule has 14 heavy (non-hydrogen) atoms. The number of halogens is 1. The molecule has 1 aliphatic rings. The number of hydrogen-bond donors (Lipinski definition) is 0. The van der Waals surface area contributed by atoms with Gasteiger partial charge in [-0.15, -0.1) is 11.8 Å². The molecule has 1 aromatic carbocycles. The molecule has 0 atom stereocenters. The van der Waals surface area contributed by atoms with E-state index in [0.29, 0.717) is 0 Å². The fraction of sp³-hybridized carbons (Fsp3) is 0.333. The molecule has 0 unspecified atom stereocenters. The van der Waals surface area contributed by atoms with Crippen LogP contribution in [0.2, 0.25) is 0 Å². The van der Waals surface area contributed by atoms with Crippen LogP contribution in [-0.4, -0.2) is 14.2 Å². The molecule has 0 N–H and O–H groups in total. The van der Waals surface area contributed by atoms with Gasteiger partial charge in [-0.3, -0.25) is 0 Å². The minimum Gasteiger partial charge on any atom is -0.207 e. The zero-order valence-electron chi connectivity index (χ0n) is 7.58. The Kier molecular flexibility index (Phi) is 2.53. The summed E-state index contributed by atoms with van der Waals surface area (Å²) in [6, 6.07) is 3.41. The van der Waals surface area contributed by atoms with Crippen molar-refractivity contribution in [1.29, 1.82) is 0 Å². The zero-order valence-corrected chi connectivity index (χ0v) is 9.97. The van der Waals surface area contributed by atoms with Crippen LogP contribution in [0.5, 0.6) is 0 Å². The van der Waals surface area contributed by atoms with Gasteiger partial charge in [0.1, 0.15) is 0 Å². The fourth-order valence-corrected chi connectivity index (χ4v) is 4.07. The monoisotopic (exact) mass is 248 g/mol. The van der Waals surface area contributed by atoms with E-state index in [1.165, 1.54) is 0 Å². The predicted molar refractivity (Wildman–Crippen MR) is 58.6 cm³/mol. The Balaban J connectivity index is 2.72. The number of rotatable bonds is 1. The average molecular weight is 249 g/mol. The van der Waals surface area contributed by atoms with Gasteiger partial charge in [-0.1, -0.05) is 6.07 Å². The van der Waals surface area contributed by atoms with Crippen LogP contribution in [0.25, 0.3) is 0 Å². The first-order valence-electron chi connectivity index (χ1n) is 4.20. The number of fused-ring (bicyclic) bond motifs is 1. The highest BCUT2D eigenvalue weighted by atomic mass is 35.7. The van der Waals surface area contributed by atoms with E-state index in [0.717, 1.165) is 28.2 Å². The van der Waals surface area contributed by atoms with Crippen LogP contribution in [0, 0.1) is 6.92 Å². The van der Waals surface area contributed by atoms with Crippen molar-refractivity contribution < 1.29 is 8.42 Å². The highest BCUT2D eigenvalue weighted by molar-refractivity contribution is 8.13. The Bertz CT molecular complexity index is 480. The summed E-state index contributed by atoms with van der Waals surface area (Å²) in [5, 5.41) is 0. The standard InChI is InChI=1S/C9H9ClO2S2/c1-6-2-3-8(14(10,11)12)7-4-5-13-9(6)7/h2-3H,4-5H2,1H3. The summed E-state index contributed by atoms with van der Waals surface area (Å²) < 4.78 is 22.5. The molecular formula is C9H9ClO2S2. The van der Waals surface area contributed by atoms with Gasteiger partial charge in [0.05, 0.1) is 4.90 Å². The largest absolute Gasteiger partial charge is 0.261 e. The Labute approximate surface area is 92.1 Å². The van der Waals surface area contributed by atoms with Crippen molar-refractivity contribution in [3.05, 3.63) is 23.3 Å². The summed E-state index contributed by atoms with van der Waals surface area (Å²) in [7, 11) is 1.77. The first-order valence-corrected chi connectivity index (χ1v) is 7.49. The van der Waals surface area contributed by atoms with Crippen molar-refractivity contribution in [2.75, 3.05) is 5.75 Å². The number of thioether (sulfide) groups is 1. The molecule has 0 saturated carbocycles. The highest BCUT2D eigenvalue weighted by Crippen LogP contribution is 2.38. The lowest BCUT2D eigenvalue weighted by molar-refractivity contribution is 0.608. The first kappa shape index (κ1) is 10.3. The van der Waals surface area contributed by atoms with Crippen LogP contribution in [0.3, 0.4) is 0 Å². The SMILES string of the molecule is Cc1ccc(S(=O)(=O)Cl)c2c1SCC2. The topological polar surface area (TPSA) is 34.1 Å². The van der Waals surface area contributed by atoms with Crippen molar-refractivity contribution in [3.8, 4) is 0 Å². The van der Waals surface area contributed by atoms with Gasteiger partial charge in [-0.05, 0) is 30.5 Å². The molecule has 0 saturated heterocycles. The molecule has 0 bridgehead atoms. The second-order valence-corrected chi connectivity index (χ2v) is 6.86. The van der Waals surface area contributed by atoms with Crippen LogP contribution in [0.15, 0.2) is 21.9 Å². The Morgan fingerprint density at radius 1 is 1.43 bits per heavy atom. The third-order valence-corrected chi connectivity index (χ3v) is 4.95. The normalized spacial score (nSPS) is 15.6. The second kappa shape index (κ2) is 3.43. The summed E-state index contributed by atoms with van der Waals surface area (Å²) in [5.41, 5.74) is 2.02. The quantitative estimate of drug-likeness (QED) is 0.717. The molecule has 76 valence electrons. The lowest BCUT2D eigenvalue weighted by Gasteiger charge is -2.06. The summed E-state index contributed by atoms with van der Waals surface area (Å²) in [5.74, 6) is 0.944. The van der Waals surface area contributed by atoms with Crippen molar-refractivity contribution >= 4 is 31.5 Å². The van der Waals surface area contributed by atoms with Gasteiger partial charge >= 0.3 is 0 Å². The van der Waals surface area contributed by atoms with Gasteiger partial charge in [0, 0.05) is 21.3 Å². The Hall–Kier alpha value is -0.190. The molecule has 0 radical (unpaired) electrons. The van der Waals surface area contributed by atoms with Gasteiger partial charge in [-0.2, -0.15) is 0 Å². The molecule has 0 spiro atoms. The number of benzene rings is 1. The van der Waals surface area contributed by atoms with Gasteiger partial charge in [-0.25, -0.2) is 8.42 Å².